The zero-order chi connectivity index (χ0) is 23.8. The third kappa shape index (κ3) is 3.71. The number of ketones is 1. The van der Waals surface area contributed by atoms with Gasteiger partial charge in [0.1, 0.15) is 0 Å². The van der Waals surface area contributed by atoms with E-state index >= 15 is 0 Å². The Morgan fingerprint density at radius 2 is 1.76 bits per heavy atom. The number of H-pyrrole nitrogens is 1. The molecule has 5 aromatic rings. The number of imidazole rings is 1. The molecule has 3 heterocycles. The van der Waals surface area contributed by atoms with Crippen LogP contribution in [0.2, 0.25) is 0 Å². The number of aromatic nitrogens is 4. The quantitative estimate of drug-likeness (QED) is 0.286. The van der Waals surface area contributed by atoms with Crippen LogP contribution in [0, 0.1) is 5.92 Å². The monoisotopic (exact) mass is 452 g/mol. The predicted octanol–water partition coefficient (Wildman–Crippen LogP) is 5.72. The third-order valence-electron chi connectivity index (χ3n) is 5.77. The van der Waals surface area contributed by atoms with Crippen LogP contribution < -0.4 is 0 Å². The first-order valence-electron chi connectivity index (χ1n) is 11.1. The lowest BCUT2D eigenvalue weighted by atomic mass is 9.97. The summed E-state index contributed by atoms with van der Waals surface area (Å²) >= 11 is 0. The molecule has 170 valence electrons. The number of aromatic hydroxyl groups is 2. The van der Waals surface area contributed by atoms with Crippen LogP contribution in [0.4, 0.5) is 0 Å². The van der Waals surface area contributed by atoms with E-state index in [1.807, 2.05) is 68.4 Å². The van der Waals surface area contributed by atoms with E-state index < -0.39 is 5.75 Å². The highest BCUT2D eigenvalue weighted by Gasteiger charge is 2.29. The van der Waals surface area contributed by atoms with Gasteiger partial charge in [-0.15, -0.1) is 0 Å². The Labute approximate surface area is 196 Å². The molecule has 0 saturated heterocycles. The highest BCUT2D eigenvalue weighted by Crippen LogP contribution is 2.44. The molecular formula is C27H24N4O3. The van der Waals surface area contributed by atoms with Crippen molar-refractivity contribution in [1.82, 2.24) is 19.5 Å². The van der Waals surface area contributed by atoms with E-state index in [4.69, 9.17) is 0 Å². The number of pyridine rings is 1. The number of Topliss-reactive ketones (excluding diaryl/α,β-unsaturated/α-hetero) is 1. The molecule has 3 N–H and O–H groups in total. The summed E-state index contributed by atoms with van der Waals surface area (Å²) in [6.45, 7) is 3.89. The second-order valence-corrected chi connectivity index (χ2v) is 8.65. The molecule has 7 nitrogen and oxygen atoms in total. The molecule has 0 bridgehead atoms. The summed E-state index contributed by atoms with van der Waals surface area (Å²) in [6, 6.07) is 18.7. The van der Waals surface area contributed by atoms with Crippen LogP contribution in [0.25, 0.3) is 39.2 Å². The molecule has 3 aromatic heterocycles. The number of nitrogens with one attached hydrogen (secondary N) is 1. The number of hydrogen-bond acceptors (Lipinski definition) is 5. The van der Waals surface area contributed by atoms with Gasteiger partial charge in [-0.25, -0.2) is 4.98 Å². The Hall–Kier alpha value is -4.39. The largest absolute Gasteiger partial charge is 0.503 e. The van der Waals surface area contributed by atoms with Crippen molar-refractivity contribution in [3.8, 4) is 39.8 Å². The third-order valence-corrected chi connectivity index (χ3v) is 5.77. The first-order chi connectivity index (χ1) is 16.4. The summed E-state index contributed by atoms with van der Waals surface area (Å²) in [4.78, 5) is 24.9. The highest BCUT2D eigenvalue weighted by atomic mass is 16.3. The maximum Gasteiger partial charge on any atom is 0.240 e. The number of carbonyl (C=O) groups is 1. The number of aromatic amines is 1. The van der Waals surface area contributed by atoms with Crippen molar-refractivity contribution in [1.29, 1.82) is 0 Å². The topological polar surface area (TPSA) is 104 Å². The number of fused-ring (bicyclic) bond motifs is 1. The van der Waals surface area contributed by atoms with Gasteiger partial charge in [-0.3, -0.25) is 14.3 Å². The molecule has 34 heavy (non-hydrogen) atoms. The maximum absolute atomic E-state index is 13.2. The lowest BCUT2D eigenvalue weighted by Gasteiger charge is -2.13. The summed E-state index contributed by atoms with van der Waals surface area (Å²) < 4.78 is 1.51. The molecule has 0 radical (unpaired) electrons. The van der Waals surface area contributed by atoms with Crippen molar-refractivity contribution < 1.29 is 15.0 Å². The van der Waals surface area contributed by atoms with E-state index in [1.165, 1.54) is 4.57 Å². The van der Waals surface area contributed by atoms with Gasteiger partial charge in [-0.05, 0) is 41.8 Å². The van der Waals surface area contributed by atoms with E-state index in [2.05, 4.69) is 15.0 Å². The summed E-state index contributed by atoms with van der Waals surface area (Å²) in [5.74, 6) is -0.931. The SMILES string of the molecule is CC(C)CC(=O)c1c(O)c(O)n(-c2ccc3nc[nH]c3c2)c1-c1ccc(-c2ccccn2)cc1. The van der Waals surface area contributed by atoms with Crippen LogP contribution in [0.3, 0.4) is 0 Å². The van der Waals surface area contributed by atoms with E-state index in [1.54, 1.807) is 18.6 Å². The lowest BCUT2D eigenvalue weighted by Crippen LogP contribution is -2.06. The highest BCUT2D eigenvalue weighted by molar-refractivity contribution is 6.06. The molecule has 0 unspecified atom stereocenters. The van der Waals surface area contributed by atoms with Gasteiger partial charge in [0.2, 0.25) is 5.88 Å². The molecule has 0 fully saturated rings. The molecule has 7 heteroatoms. The first-order valence-corrected chi connectivity index (χ1v) is 11.1. The van der Waals surface area contributed by atoms with Crippen molar-refractivity contribution in [2.75, 3.05) is 0 Å². The summed E-state index contributed by atoms with van der Waals surface area (Å²) in [7, 11) is 0. The fourth-order valence-corrected chi connectivity index (χ4v) is 4.20. The number of nitrogens with zero attached hydrogens (tertiary/aromatic N) is 3. The van der Waals surface area contributed by atoms with E-state index in [0.717, 1.165) is 22.3 Å². The second kappa shape index (κ2) is 8.51. The van der Waals surface area contributed by atoms with Gasteiger partial charge in [0.25, 0.3) is 0 Å². The van der Waals surface area contributed by atoms with Gasteiger partial charge in [0.15, 0.2) is 11.5 Å². The molecule has 0 amide bonds. The van der Waals surface area contributed by atoms with Crippen LogP contribution in [0.5, 0.6) is 11.6 Å². The molecule has 2 aromatic carbocycles. The van der Waals surface area contributed by atoms with Crippen molar-refractivity contribution in [2.45, 2.75) is 20.3 Å². The van der Waals surface area contributed by atoms with Gasteiger partial charge < -0.3 is 15.2 Å². The van der Waals surface area contributed by atoms with Gasteiger partial charge in [-0.2, -0.15) is 0 Å². The lowest BCUT2D eigenvalue weighted by molar-refractivity contribution is 0.0966. The van der Waals surface area contributed by atoms with Crippen LogP contribution in [-0.4, -0.2) is 35.5 Å². The number of benzene rings is 2. The summed E-state index contributed by atoms with van der Waals surface area (Å²) in [5.41, 5.74) is 5.13. The molecule has 0 spiro atoms. The van der Waals surface area contributed by atoms with Crippen LogP contribution in [0.1, 0.15) is 30.6 Å². The zero-order valence-electron chi connectivity index (χ0n) is 18.9. The Kier molecular flexibility index (Phi) is 5.37. The van der Waals surface area contributed by atoms with Crippen molar-refractivity contribution in [3.63, 3.8) is 0 Å². The minimum Gasteiger partial charge on any atom is -0.503 e. The minimum atomic E-state index is -0.417. The molecular weight excluding hydrogens is 428 g/mol. The van der Waals surface area contributed by atoms with Gasteiger partial charge in [0, 0.05) is 18.2 Å². The Morgan fingerprint density at radius 3 is 2.47 bits per heavy atom. The van der Waals surface area contributed by atoms with E-state index in [-0.39, 0.29) is 29.6 Å². The van der Waals surface area contributed by atoms with Gasteiger partial charge in [0.05, 0.1) is 40.0 Å². The second-order valence-electron chi connectivity index (χ2n) is 8.65. The number of carbonyl (C=O) groups excluding carboxylic acids is 1. The van der Waals surface area contributed by atoms with Crippen LogP contribution in [-0.2, 0) is 0 Å². The van der Waals surface area contributed by atoms with E-state index in [9.17, 15) is 15.0 Å². The predicted molar refractivity (Wildman–Crippen MR) is 131 cm³/mol. The first kappa shape index (κ1) is 21.5. The Morgan fingerprint density at radius 1 is 1.00 bits per heavy atom. The molecule has 5 rings (SSSR count). The molecule has 0 aliphatic heterocycles. The average molecular weight is 453 g/mol. The van der Waals surface area contributed by atoms with Crippen molar-refractivity contribution >= 4 is 16.8 Å². The summed E-state index contributed by atoms with van der Waals surface area (Å²) in [5, 5.41) is 21.9. The number of rotatable bonds is 6. The fourth-order valence-electron chi connectivity index (χ4n) is 4.20. The van der Waals surface area contributed by atoms with Crippen LogP contribution >= 0.6 is 0 Å². The Bertz CT molecular complexity index is 1480. The fraction of sp³-hybridized carbons (Fsp3) is 0.148. The van der Waals surface area contributed by atoms with Gasteiger partial charge in [-0.1, -0.05) is 44.2 Å². The summed E-state index contributed by atoms with van der Waals surface area (Å²) in [6.07, 6.45) is 3.57. The molecule has 0 saturated carbocycles. The van der Waals surface area contributed by atoms with E-state index in [0.29, 0.717) is 16.9 Å². The molecule has 0 atom stereocenters. The molecule has 0 aliphatic rings. The smallest absolute Gasteiger partial charge is 0.240 e. The minimum absolute atomic E-state index is 0.0955. The average Bonchev–Trinajstić information content (AvgIpc) is 3.41. The van der Waals surface area contributed by atoms with Crippen molar-refractivity contribution in [2.24, 2.45) is 5.92 Å². The normalized spacial score (nSPS) is 11.4. The van der Waals surface area contributed by atoms with Crippen LogP contribution in [0.15, 0.2) is 73.2 Å². The Balaban J connectivity index is 1.71. The maximum atomic E-state index is 13.2. The van der Waals surface area contributed by atoms with Crippen molar-refractivity contribution in [3.05, 3.63) is 78.8 Å². The number of hydrogen-bond donors (Lipinski definition) is 3. The standard InChI is InChI=1S/C27H24N4O3/c1-16(2)13-23(32)24-25(18-8-6-17(7-9-18)20-5-3-4-12-28-20)31(27(34)26(24)33)19-10-11-21-22(14-19)30-15-29-21/h3-12,14-16,33-34H,13H2,1-2H3,(H,29,30). The van der Waals surface area contributed by atoms with Gasteiger partial charge >= 0.3 is 0 Å². The zero-order valence-corrected chi connectivity index (χ0v) is 18.9. The molecule has 0 aliphatic carbocycles.